The topological polar surface area (TPSA) is 37.3 Å². The van der Waals surface area contributed by atoms with Gasteiger partial charge in [0.1, 0.15) is 0 Å². The summed E-state index contributed by atoms with van der Waals surface area (Å²) in [5.41, 5.74) is 0. The Labute approximate surface area is 74.5 Å². The first-order chi connectivity index (χ1) is 3.13. The first kappa shape index (κ1) is 11.4. The maximum Gasteiger partial charge on any atom is 0 e. The molecule has 0 rings (SSSR count). The van der Waals surface area contributed by atoms with Gasteiger partial charge in [0.15, 0.2) is 0 Å². The Balaban J connectivity index is 0. The summed E-state index contributed by atoms with van der Waals surface area (Å²) in [6.07, 6.45) is 0.650. The minimum atomic E-state index is -0.600. The van der Waals surface area contributed by atoms with E-state index in [2.05, 4.69) is 0 Å². The van der Waals surface area contributed by atoms with Crippen molar-refractivity contribution in [1.29, 1.82) is 0 Å². The van der Waals surface area contributed by atoms with E-state index in [9.17, 15) is 4.79 Å². The summed E-state index contributed by atoms with van der Waals surface area (Å²) < 4.78 is 0. The molecule has 1 radical (unpaired) electrons. The van der Waals surface area contributed by atoms with E-state index in [1.54, 1.807) is 6.92 Å². The zero-order valence-corrected chi connectivity index (χ0v) is 7.93. The number of ketones is 1. The van der Waals surface area contributed by atoms with Crippen LogP contribution in [0.2, 0.25) is 0 Å². The number of aliphatic hydroxyl groups is 1. The van der Waals surface area contributed by atoms with E-state index in [1.807, 2.05) is 0 Å². The number of hydrogen-bond acceptors (Lipinski definition) is 2. The van der Waals surface area contributed by atoms with E-state index in [0.717, 1.165) is 0 Å². The molecule has 0 aliphatic heterocycles. The molecule has 0 aromatic heterocycles. The number of Topliss-reactive ketones (excluding diaryl/α,β-unsaturated/α-hetero) is 1. The van der Waals surface area contributed by atoms with Crippen LogP contribution in [0.5, 0.6) is 0 Å². The number of aliphatic hydroxyl groups excluding tert-OH is 1. The van der Waals surface area contributed by atoms with Crippen molar-refractivity contribution in [2.45, 2.75) is 20.0 Å². The Bertz CT molecular complexity index is 70.8. The van der Waals surface area contributed by atoms with E-state index in [1.165, 1.54) is 13.3 Å². The summed E-state index contributed by atoms with van der Waals surface area (Å²) in [4.78, 5) is 10.0. The Morgan fingerprint density at radius 2 is 2.12 bits per heavy atom. The van der Waals surface area contributed by atoms with E-state index < -0.39 is 6.10 Å². The molecular formula is C5H9O2Y-. The Hall–Kier alpha value is 0.604. The van der Waals surface area contributed by atoms with Crippen molar-refractivity contribution >= 4 is 5.78 Å². The van der Waals surface area contributed by atoms with Gasteiger partial charge in [-0.15, -0.1) is 0 Å². The van der Waals surface area contributed by atoms with Crippen molar-refractivity contribution in [3.63, 3.8) is 0 Å². The second kappa shape index (κ2) is 5.74. The standard InChI is InChI=1S/C5H9O2.Y/c1-4(6)3-5(2)7;/h3-4,6H,1-2H3;/q-1;. The van der Waals surface area contributed by atoms with Gasteiger partial charge in [-0.1, -0.05) is 13.0 Å². The Morgan fingerprint density at radius 3 is 2.12 bits per heavy atom. The predicted octanol–water partition coefficient (Wildman–Crippen LogP) is 0.158. The van der Waals surface area contributed by atoms with Crippen LogP contribution in [-0.4, -0.2) is 17.0 Å². The van der Waals surface area contributed by atoms with E-state index in [0.29, 0.717) is 0 Å². The third-order valence-electron chi connectivity index (χ3n) is 0.476. The number of rotatable bonds is 2. The molecule has 1 atom stereocenters. The van der Waals surface area contributed by atoms with Crippen LogP contribution >= 0.6 is 0 Å². The monoisotopic (exact) mass is 190 g/mol. The average Bonchev–Trinajstić information content (AvgIpc) is 1.27. The fourth-order valence-electron chi connectivity index (χ4n) is 0.340. The molecule has 1 N–H and O–H groups in total. The fourth-order valence-corrected chi connectivity index (χ4v) is 0.340. The summed E-state index contributed by atoms with van der Waals surface area (Å²) in [5, 5.41) is 8.45. The van der Waals surface area contributed by atoms with Gasteiger partial charge in [-0.3, -0.25) is 6.42 Å². The normalized spacial score (nSPS) is 11.4. The summed E-state index contributed by atoms with van der Waals surface area (Å²) in [5.74, 6) is -0.0880. The summed E-state index contributed by atoms with van der Waals surface area (Å²) in [6, 6.07) is 0. The summed E-state index contributed by atoms with van der Waals surface area (Å²) >= 11 is 0. The first-order valence-corrected chi connectivity index (χ1v) is 2.16. The molecular weight excluding hydrogens is 181 g/mol. The molecule has 0 heterocycles. The smallest absolute Gasteiger partial charge is 0 e. The van der Waals surface area contributed by atoms with Crippen molar-refractivity contribution < 1.29 is 42.6 Å². The van der Waals surface area contributed by atoms with Crippen LogP contribution in [0, 0.1) is 6.42 Å². The van der Waals surface area contributed by atoms with Crippen LogP contribution in [0.15, 0.2) is 0 Å². The van der Waals surface area contributed by atoms with Crippen molar-refractivity contribution in [3.8, 4) is 0 Å². The van der Waals surface area contributed by atoms with Gasteiger partial charge in [0.25, 0.3) is 0 Å². The second-order valence-corrected chi connectivity index (χ2v) is 1.52. The Kier molecular flexibility index (Phi) is 8.18. The first-order valence-electron chi connectivity index (χ1n) is 2.16. The molecule has 0 saturated heterocycles. The van der Waals surface area contributed by atoms with Gasteiger partial charge >= 0.3 is 0 Å². The zero-order valence-electron chi connectivity index (χ0n) is 5.09. The molecule has 0 aliphatic rings. The maximum absolute atomic E-state index is 10.0. The van der Waals surface area contributed by atoms with Crippen LogP contribution in [-0.2, 0) is 37.5 Å². The third-order valence-corrected chi connectivity index (χ3v) is 0.476. The largest absolute Gasteiger partial charge is 0.422 e. The van der Waals surface area contributed by atoms with Crippen LogP contribution < -0.4 is 0 Å². The third kappa shape index (κ3) is 9.78. The van der Waals surface area contributed by atoms with Gasteiger partial charge in [-0.2, -0.15) is 0 Å². The van der Waals surface area contributed by atoms with Crippen LogP contribution in [0.3, 0.4) is 0 Å². The van der Waals surface area contributed by atoms with Gasteiger partial charge in [0.05, 0.1) is 0 Å². The summed E-state index contributed by atoms with van der Waals surface area (Å²) in [6.45, 7) is 2.95. The second-order valence-electron chi connectivity index (χ2n) is 1.52. The maximum atomic E-state index is 10.0. The van der Waals surface area contributed by atoms with Crippen LogP contribution in [0.4, 0.5) is 0 Å². The van der Waals surface area contributed by atoms with Gasteiger partial charge < -0.3 is 9.90 Å². The predicted molar refractivity (Wildman–Crippen MR) is 26.7 cm³/mol. The molecule has 0 aromatic carbocycles. The van der Waals surface area contributed by atoms with Crippen molar-refractivity contribution in [3.05, 3.63) is 6.42 Å². The quantitative estimate of drug-likeness (QED) is 0.629. The molecule has 45 valence electrons. The SMILES string of the molecule is CC(=O)[CH-]C(C)O.[Y]. The molecule has 0 amide bonds. The number of carbonyl (C=O) groups is 1. The van der Waals surface area contributed by atoms with Gasteiger partial charge in [0.2, 0.25) is 0 Å². The van der Waals surface area contributed by atoms with Crippen molar-refractivity contribution in [1.82, 2.24) is 0 Å². The van der Waals surface area contributed by atoms with Crippen molar-refractivity contribution in [2.75, 3.05) is 0 Å². The summed E-state index contributed by atoms with van der Waals surface area (Å²) in [7, 11) is 0. The zero-order chi connectivity index (χ0) is 5.86. The molecule has 3 heteroatoms. The van der Waals surface area contributed by atoms with E-state index in [-0.39, 0.29) is 38.5 Å². The minimum absolute atomic E-state index is 0. The van der Waals surface area contributed by atoms with E-state index in [4.69, 9.17) is 5.11 Å². The number of carbonyl (C=O) groups excluding carboxylic acids is 1. The average molecular weight is 190 g/mol. The van der Waals surface area contributed by atoms with E-state index >= 15 is 0 Å². The molecule has 0 saturated carbocycles. The van der Waals surface area contributed by atoms with Gasteiger partial charge in [-0.05, 0) is 12.7 Å². The van der Waals surface area contributed by atoms with Gasteiger partial charge in [0, 0.05) is 32.7 Å². The molecule has 0 spiro atoms. The van der Waals surface area contributed by atoms with Crippen molar-refractivity contribution in [2.24, 2.45) is 0 Å². The molecule has 0 aromatic rings. The molecule has 0 bridgehead atoms. The number of hydrogen-bond donors (Lipinski definition) is 1. The minimum Gasteiger partial charge on any atom is -0.422 e. The van der Waals surface area contributed by atoms with Gasteiger partial charge in [-0.25, -0.2) is 0 Å². The molecule has 0 fully saturated rings. The van der Waals surface area contributed by atoms with Crippen LogP contribution in [0.1, 0.15) is 13.8 Å². The molecule has 2 nitrogen and oxygen atoms in total. The molecule has 0 aliphatic carbocycles. The fraction of sp³-hybridized carbons (Fsp3) is 0.600. The Morgan fingerprint density at radius 1 is 1.75 bits per heavy atom. The molecule has 1 unspecified atom stereocenters. The van der Waals surface area contributed by atoms with Crippen LogP contribution in [0.25, 0.3) is 0 Å². The molecule has 8 heavy (non-hydrogen) atoms.